The van der Waals surface area contributed by atoms with Gasteiger partial charge in [-0.1, -0.05) is 60.7 Å². The molecule has 4 heteroatoms. The van der Waals surface area contributed by atoms with E-state index in [1.165, 1.54) is 0 Å². The van der Waals surface area contributed by atoms with E-state index in [0.29, 0.717) is 11.1 Å². The van der Waals surface area contributed by atoms with Crippen LogP contribution in [0.5, 0.6) is 0 Å². The summed E-state index contributed by atoms with van der Waals surface area (Å²) in [5.41, 5.74) is 0.236. The Bertz CT molecular complexity index is 686. The molecular weight excluding hydrogens is 302 g/mol. The molecule has 0 spiro atoms. The van der Waals surface area contributed by atoms with Crippen molar-refractivity contribution in [2.24, 2.45) is 0 Å². The van der Waals surface area contributed by atoms with Crippen molar-refractivity contribution in [3.05, 3.63) is 83.6 Å². The molecule has 2 aromatic carbocycles. The van der Waals surface area contributed by atoms with Crippen LogP contribution in [-0.2, 0) is 15.1 Å². The number of hydrogen-bond donors (Lipinski definition) is 1. The highest BCUT2D eigenvalue weighted by atomic mass is 16.5. The Labute approximate surface area is 142 Å². The fraction of sp³-hybridized carbons (Fsp3) is 0.250. The minimum absolute atomic E-state index is 0.200. The highest BCUT2D eigenvalue weighted by molar-refractivity contribution is 5.85. The van der Waals surface area contributed by atoms with Gasteiger partial charge >= 0.3 is 5.97 Å². The Kier molecular flexibility index (Phi) is 4.67. The molecule has 0 amide bonds. The number of ether oxygens (including phenoxy) is 1. The fourth-order valence-electron chi connectivity index (χ4n) is 2.89. The van der Waals surface area contributed by atoms with Crippen molar-refractivity contribution in [3.63, 3.8) is 0 Å². The lowest BCUT2D eigenvalue weighted by Crippen LogP contribution is -2.38. The number of nitrogens with zero attached hydrogens (tertiary/aromatic N) is 1. The summed E-state index contributed by atoms with van der Waals surface area (Å²) in [5.74, 6) is -0.657. The van der Waals surface area contributed by atoms with Crippen molar-refractivity contribution in [1.29, 1.82) is 0 Å². The number of benzene rings is 2. The van der Waals surface area contributed by atoms with E-state index in [1.807, 2.05) is 25.4 Å². The molecular formula is C20H21NO3. The van der Waals surface area contributed by atoms with Crippen LogP contribution in [0.15, 0.2) is 72.4 Å². The molecule has 0 aromatic heterocycles. The molecule has 1 N–H and O–H groups in total. The maximum Gasteiger partial charge on any atom is 0.348 e. The summed E-state index contributed by atoms with van der Waals surface area (Å²) in [6, 6.07) is 17.8. The van der Waals surface area contributed by atoms with E-state index in [4.69, 9.17) is 4.74 Å². The summed E-state index contributed by atoms with van der Waals surface area (Å²) in [4.78, 5) is 14.9. The summed E-state index contributed by atoms with van der Waals surface area (Å²) in [6.45, 7) is 1.12. The standard InChI is InChI=1S/C20H21NO3/c1-21-13-12-16(14-21)15-24-19(22)20(23,17-8-4-2-5-9-17)18-10-6-3-7-11-18/h2-11,14,23H,12-13,15H2,1H3. The van der Waals surface area contributed by atoms with E-state index in [-0.39, 0.29) is 6.61 Å². The smallest absolute Gasteiger partial charge is 0.348 e. The van der Waals surface area contributed by atoms with Crippen LogP contribution in [0.25, 0.3) is 0 Å². The Balaban J connectivity index is 1.87. The molecule has 2 aromatic rings. The molecule has 0 radical (unpaired) electrons. The summed E-state index contributed by atoms with van der Waals surface area (Å²) in [7, 11) is 1.99. The minimum Gasteiger partial charge on any atom is -0.458 e. The van der Waals surface area contributed by atoms with Crippen LogP contribution >= 0.6 is 0 Å². The SMILES string of the molecule is CN1C=C(COC(=O)C(O)(c2ccccc2)c2ccccc2)CC1. The molecule has 1 aliphatic heterocycles. The topological polar surface area (TPSA) is 49.8 Å². The van der Waals surface area contributed by atoms with Crippen molar-refractivity contribution in [1.82, 2.24) is 4.90 Å². The van der Waals surface area contributed by atoms with E-state index in [0.717, 1.165) is 18.5 Å². The first kappa shape index (κ1) is 16.3. The Hall–Kier alpha value is -2.59. The van der Waals surface area contributed by atoms with Gasteiger partial charge in [0.05, 0.1) is 0 Å². The monoisotopic (exact) mass is 323 g/mol. The lowest BCUT2D eigenvalue weighted by Gasteiger charge is -2.27. The first-order chi connectivity index (χ1) is 11.6. The summed E-state index contributed by atoms with van der Waals surface area (Å²) in [5, 5.41) is 11.2. The number of esters is 1. The molecule has 0 saturated heterocycles. The maximum absolute atomic E-state index is 12.8. The van der Waals surface area contributed by atoms with Gasteiger partial charge in [0.2, 0.25) is 5.60 Å². The Morgan fingerprint density at radius 2 is 1.62 bits per heavy atom. The lowest BCUT2D eigenvalue weighted by molar-refractivity contribution is -0.161. The van der Waals surface area contributed by atoms with Crippen LogP contribution in [0.1, 0.15) is 17.5 Å². The zero-order valence-corrected chi connectivity index (χ0v) is 13.7. The van der Waals surface area contributed by atoms with Gasteiger partial charge in [-0.3, -0.25) is 0 Å². The molecule has 0 saturated carbocycles. The highest BCUT2D eigenvalue weighted by Gasteiger charge is 2.41. The van der Waals surface area contributed by atoms with Crippen molar-refractivity contribution in [3.8, 4) is 0 Å². The van der Waals surface area contributed by atoms with Gasteiger partial charge in [-0.05, 0) is 23.1 Å². The summed E-state index contributed by atoms with van der Waals surface area (Å²) < 4.78 is 5.46. The predicted octanol–water partition coefficient (Wildman–Crippen LogP) is 2.69. The zero-order chi connectivity index (χ0) is 17.0. The molecule has 24 heavy (non-hydrogen) atoms. The molecule has 3 rings (SSSR count). The van der Waals surface area contributed by atoms with Crippen LogP contribution in [0.3, 0.4) is 0 Å². The van der Waals surface area contributed by atoms with E-state index < -0.39 is 11.6 Å². The minimum atomic E-state index is -1.81. The molecule has 4 nitrogen and oxygen atoms in total. The van der Waals surface area contributed by atoms with E-state index >= 15 is 0 Å². The van der Waals surface area contributed by atoms with Crippen LogP contribution < -0.4 is 0 Å². The van der Waals surface area contributed by atoms with Crippen LogP contribution in [-0.4, -0.2) is 36.2 Å². The van der Waals surface area contributed by atoms with Gasteiger partial charge in [-0.15, -0.1) is 0 Å². The van der Waals surface area contributed by atoms with Gasteiger partial charge < -0.3 is 14.7 Å². The first-order valence-corrected chi connectivity index (χ1v) is 8.01. The fourth-order valence-corrected chi connectivity index (χ4v) is 2.89. The van der Waals surface area contributed by atoms with Crippen molar-refractivity contribution >= 4 is 5.97 Å². The average molecular weight is 323 g/mol. The third-order valence-corrected chi connectivity index (χ3v) is 4.26. The average Bonchev–Trinajstić information content (AvgIpc) is 3.05. The van der Waals surface area contributed by atoms with E-state index in [9.17, 15) is 9.90 Å². The number of rotatable bonds is 5. The molecule has 124 valence electrons. The zero-order valence-electron chi connectivity index (χ0n) is 13.7. The Morgan fingerprint density at radius 1 is 1.08 bits per heavy atom. The number of aliphatic hydroxyl groups is 1. The van der Waals surface area contributed by atoms with E-state index in [2.05, 4.69) is 4.90 Å². The number of hydrogen-bond acceptors (Lipinski definition) is 4. The Morgan fingerprint density at radius 3 is 2.08 bits per heavy atom. The van der Waals surface area contributed by atoms with Crippen LogP contribution in [0.2, 0.25) is 0 Å². The van der Waals surface area contributed by atoms with Gasteiger partial charge in [-0.25, -0.2) is 4.79 Å². The highest BCUT2D eigenvalue weighted by Crippen LogP contribution is 2.31. The van der Waals surface area contributed by atoms with Crippen molar-refractivity contribution in [2.75, 3.05) is 20.2 Å². The quantitative estimate of drug-likeness (QED) is 0.860. The van der Waals surface area contributed by atoms with Crippen LogP contribution in [0.4, 0.5) is 0 Å². The largest absolute Gasteiger partial charge is 0.458 e. The second-order valence-electron chi connectivity index (χ2n) is 6.04. The molecule has 1 aliphatic rings. The number of carbonyl (C=O) groups excluding carboxylic acids is 1. The number of carbonyl (C=O) groups is 1. The van der Waals surface area contributed by atoms with Gasteiger partial charge in [-0.2, -0.15) is 0 Å². The molecule has 0 unspecified atom stereocenters. The third kappa shape index (κ3) is 3.19. The van der Waals surface area contributed by atoms with E-state index in [1.54, 1.807) is 48.5 Å². The van der Waals surface area contributed by atoms with Crippen LogP contribution in [0, 0.1) is 0 Å². The maximum atomic E-state index is 12.8. The normalized spacial score (nSPS) is 14.4. The molecule has 0 aliphatic carbocycles. The summed E-state index contributed by atoms with van der Waals surface area (Å²) in [6.07, 6.45) is 2.86. The third-order valence-electron chi connectivity index (χ3n) is 4.26. The molecule has 0 fully saturated rings. The second kappa shape index (κ2) is 6.89. The van der Waals surface area contributed by atoms with Crippen molar-refractivity contribution in [2.45, 2.75) is 12.0 Å². The van der Waals surface area contributed by atoms with Gasteiger partial charge in [0.15, 0.2) is 0 Å². The first-order valence-electron chi connectivity index (χ1n) is 8.01. The molecule has 1 heterocycles. The lowest BCUT2D eigenvalue weighted by atomic mass is 9.86. The summed E-state index contributed by atoms with van der Waals surface area (Å²) >= 11 is 0. The predicted molar refractivity (Wildman–Crippen MR) is 92.2 cm³/mol. The molecule has 0 bridgehead atoms. The van der Waals surface area contributed by atoms with Crippen molar-refractivity contribution < 1.29 is 14.6 Å². The van der Waals surface area contributed by atoms with Gasteiger partial charge in [0.1, 0.15) is 6.61 Å². The molecule has 0 atom stereocenters. The second-order valence-corrected chi connectivity index (χ2v) is 6.04. The van der Waals surface area contributed by atoms with Gasteiger partial charge in [0.25, 0.3) is 0 Å². The van der Waals surface area contributed by atoms with Gasteiger partial charge in [0, 0.05) is 19.8 Å².